The second-order valence-electron chi connectivity index (χ2n) is 4.25. The summed E-state index contributed by atoms with van der Waals surface area (Å²) in [5, 5.41) is 13.5. The van der Waals surface area contributed by atoms with Gasteiger partial charge in [-0.3, -0.25) is 9.71 Å². The Bertz CT molecular complexity index is 726. The van der Waals surface area contributed by atoms with Crippen molar-refractivity contribution in [3.8, 4) is 0 Å². The molecule has 2 rings (SSSR count). The van der Waals surface area contributed by atoms with E-state index in [1.54, 1.807) is 36.8 Å². The topological polar surface area (TPSA) is 105 Å². The molecule has 2 aromatic rings. The molecular formula is C12H14N4O3S2. The number of hydrogen-bond acceptors (Lipinski definition) is 7. The molecule has 0 atom stereocenters. The van der Waals surface area contributed by atoms with Crippen molar-refractivity contribution < 1.29 is 13.6 Å². The smallest absolute Gasteiger partial charge is 0.234 e. The summed E-state index contributed by atoms with van der Waals surface area (Å²) in [7, 11) is -3.48. The minimum atomic E-state index is -3.48. The molecule has 112 valence electrons. The van der Waals surface area contributed by atoms with Crippen LogP contribution in [-0.4, -0.2) is 35.1 Å². The standard InChI is InChI=1S/C12H14N4O3S2/c1-9(15-17)11-8-20-12(14-11)16-21(18,19)7-4-10-2-5-13-6-3-10/h2-3,5-6,8,17H,4,7H2,1H3,(H,14,16). The molecular weight excluding hydrogens is 312 g/mol. The Labute approximate surface area is 126 Å². The number of rotatable bonds is 6. The van der Waals surface area contributed by atoms with Gasteiger partial charge in [0.05, 0.1) is 5.75 Å². The molecule has 0 radical (unpaired) electrons. The average molecular weight is 326 g/mol. The number of oxime groups is 1. The maximum Gasteiger partial charge on any atom is 0.234 e. The van der Waals surface area contributed by atoms with Gasteiger partial charge >= 0.3 is 0 Å². The quantitative estimate of drug-likeness (QED) is 0.478. The van der Waals surface area contributed by atoms with Crippen molar-refractivity contribution in [2.45, 2.75) is 13.3 Å². The van der Waals surface area contributed by atoms with Crippen molar-refractivity contribution in [2.75, 3.05) is 10.5 Å². The van der Waals surface area contributed by atoms with Crippen LogP contribution in [0, 0.1) is 0 Å². The third kappa shape index (κ3) is 4.50. The van der Waals surface area contributed by atoms with E-state index in [-0.39, 0.29) is 10.9 Å². The fourth-order valence-corrected chi connectivity index (χ4v) is 3.61. The number of nitrogens with zero attached hydrogens (tertiary/aromatic N) is 3. The summed E-state index contributed by atoms with van der Waals surface area (Å²) in [6.07, 6.45) is 3.65. The second-order valence-corrected chi connectivity index (χ2v) is 6.95. The normalized spacial score (nSPS) is 12.3. The molecule has 0 fully saturated rings. The number of aromatic nitrogens is 2. The molecule has 0 spiro atoms. The van der Waals surface area contributed by atoms with E-state index in [0.717, 1.165) is 16.9 Å². The average Bonchev–Trinajstić information content (AvgIpc) is 2.93. The molecule has 21 heavy (non-hydrogen) atoms. The highest BCUT2D eigenvalue weighted by atomic mass is 32.2. The molecule has 0 aromatic carbocycles. The van der Waals surface area contributed by atoms with Crippen LogP contribution in [0.3, 0.4) is 0 Å². The molecule has 0 aliphatic rings. The molecule has 2 aromatic heterocycles. The number of anilines is 1. The first-order valence-corrected chi connectivity index (χ1v) is 8.57. The van der Waals surface area contributed by atoms with Crippen LogP contribution in [-0.2, 0) is 16.4 Å². The molecule has 0 bridgehead atoms. The highest BCUT2D eigenvalue weighted by molar-refractivity contribution is 7.92. The van der Waals surface area contributed by atoms with Crippen molar-refractivity contribution in [3.05, 3.63) is 41.2 Å². The van der Waals surface area contributed by atoms with Gasteiger partial charge in [0, 0.05) is 17.8 Å². The minimum Gasteiger partial charge on any atom is -0.411 e. The van der Waals surface area contributed by atoms with Gasteiger partial charge < -0.3 is 5.21 Å². The molecule has 0 aliphatic carbocycles. The molecule has 0 saturated heterocycles. The van der Waals surface area contributed by atoms with Gasteiger partial charge in [-0.1, -0.05) is 5.16 Å². The number of pyridine rings is 1. The summed E-state index contributed by atoms with van der Waals surface area (Å²) >= 11 is 1.14. The Morgan fingerprint density at radius 1 is 1.43 bits per heavy atom. The van der Waals surface area contributed by atoms with Gasteiger partial charge in [-0.2, -0.15) is 0 Å². The van der Waals surface area contributed by atoms with Crippen molar-refractivity contribution in [1.29, 1.82) is 0 Å². The summed E-state index contributed by atoms with van der Waals surface area (Å²) in [4.78, 5) is 7.93. The third-order valence-corrected chi connectivity index (χ3v) is 4.81. The molecule has 0 unspecified atom stereocenters. The van der Waals surface area contributed by atoms with E-state index in [1.165, 1.54) is 0 Å². The predicted molar refractivity (Wildman–Crippen MR) is 81.5 cm³/mol. The molecule has 9 heteroatoms. The summed E-state index contributed by atoms with van der Waals surface area (Å²) in [5.74, 6) is -0.0427. The highest BCUT2D eigenvalue weighted by Gasteiger charge is 2.14. The van der Waals surface area contributed by atoms with Gasteiger partial charge in [-0.05, 0) is 31.0 Å². The molecule has 0 amide bonds. The lowest BCUT2D eigenvalue weighted by atomic mass is 10.2. The lowest BCUT2D eigenvalue weighted by molar-refractivity contribution is 0.319. The van der Waals surface area contributed by atoms with Crippen LogP contribution < -0.4 is 4.72 Å². The first-order chi connectivity index (χ1) is 10.00. The van der Waals surface area contributed by atoms with Crippen molar-refractivity contribution in [2.24, 2.45) is 5.16 Å². The van der Waals surface area contributed by atoms with E-state index >= 15 is 0 Å². The van der Waals surface area contributed by atoms with Crippen LogP contribution in [0.15, 0.2) is 35.1 Å². The first kappa shape index (κ1) is 15.4. The summed E-state index contributed by atoms with van der Waals surface area (Å²) in [5.41, 5.74) is 1.67. The van der Waals surface area contributed by atoms with E-state index < -0.39 is 10.0 Å². The number of sulfonamides is 1. The maximum absolute atomic E-state index is 12.0. The second kappa shape index (κ2) is 6.64. The monoisotopic (exact) mass is 326 g/mol. The molecule has 2 N–H and O–H groups in total. The number of hydrogen-bond donors (Lipinski definition) is 2. The minimum absolute atomic E-state index is 0.0427. The first-order valence-electron chi connectivity index (χ1n) is 6.04. The Morgan fingerprint density at radius 2 is 2.14 bits per heavy atom. The van der Waals surface area contributed by atoms with E-state index in [4.69, 9.17) is 5.21 Å². The maximum atomic E-state index is 12.0. The van der Waals surface area contributed by atoms with Crippen LogP contribution in [0.25, 0.3) is 0 Å². The van der Waals surface area contributed by atoms with Crippen molar-refractivity contribution >= 4 is 32.2 Å². The lowest BCUT2D eigenvalue weighted by Crippen LogP contribution is -2.18. The van der Waals surface area contributed by atoms with E-state index in [2.05, 4.69) is 19.8 Å². The fourth-order valence-electron chi connectivity index (χ4n) is 1.52. The molecule has 2 heterocycles. The van der Waals surface area contributed by atoms with Gasteiger partial charge in [-0.25, -0.2) is 13.4 Å². The number of aryl methyl sites for hydroxylation is 1. The predicted octanol–water partition coefficient (Wildman–Crippen LogP) is 1.72. The van der Waals surface area contributed by atoms with Crippen LogP contribution in [0.1, 0.15) is 18.2 Å². The fraction of sp³-hybridized carbons (Fsp3) is 0.250. The van der Waals surface area contributed by atoms with E-state index in [1.807, 2.05) is 0 Å². The largest absolute Gasteiger partial charge is 0.411 e. The van der Waals surface area contributed by atoms with Gasteiger partial charge in [0.2, 0.25) is 10.0 Å². The van der Waals surface area contributed by atoms with Crippen LogP contribution in [0.2, 0.25) is 0 Å². The Hall–Kier alpha value is -2.00. The summed E-state index contributed by atoms with van der Waals surface area (Å²) < 4.78 is 26.4. The summed E-state index contributed by atoms with van der Waals surface area (Å²) in [6, 6.07) is 3.55. The van der Waals surface area contributed by atoms with Gasteiger partial charge in [-0.15, -0.1) is 11.3 Å². The third-order valence-electron chi connectivity index (χ3n) is 2.68. The zero-order valence-electron chi connectivity index (χ0n) is 11.2. The Kier molecular flexibility index (Phi) is 4.86. The Balaban J connectivity index is 1.99. The van der Waals surface area contributed by atoms with Gasteiger partial charge in [0.15, 0.2) is 5.13 Å². The van der Waals surface area contributed by atoms with Crippen molar-refractivity contribution in [3.63, 3.8) is 0 Å². The number of thiazole rings is 1. The Morgan fingerprint density at radius 3 is 2.81 bits per heavy atom. The van der Waals surface area contributed by atoms with Gasteiger partial charge in [0.25, 0.3) is 0 Å². The van der Waals surface area contributed by atoms with Gasteiger partial charge in [0.1, 0.15) is 11.4 Å². The molecule has 0 saturated carbocycles. The SMILES string of the molecule is CC(=NO)c1csc(NS(=O)(=O)CCc2ccncc2)n1. The summed E-state index contributed by atoms with van der Waals surface area (Å²) in [6.45, 7) is 1.58. The zero-order valence-corrected chi connectivity index (χ0v) is 12.9. The van der Waals surface area contributed by atoms with Crippen molar-refractivity contribution in [1.82, 2.24) is 9.97 Å². The van der Waals surface area contributed by atoms with Crippen LogP contribution >= 0.6 is 11.3 Å². The highest BCUT2D eigenvalue weighted by Crippen LogP contribution is 2.17. The lowest BCUT2D eigenvalue weighted by Gasteiger charge is -2.05. The van der Waals surface area contributed by atoms with E-state index in [9.17, 15) is 8.42 Å². The number of nitrogens with one attached hydrogen (secondary N) is 1. The van der Waals surface area contributed by atoms with Crippen LogP contribution in [0.4, 0.5) is 5.13 Å². The van der Waals surface area contributed by atoms with Crippen LogP contribution in [0.5, 0.6) is 0 Å². The van der Waals surface area contributed by atoms with E-state index in [0.29, 0.717) is 17.8 Å². The molecule has 0 aliphatic heterocycles. The zero-order chi connectivity index (χ0) is 15.3. The molecule has 7 nitrogen and oxygen atoms in total.